The van der Waals surface area contributed by atoms with Crippen LogP contribution in [0, 0.1) is 0 Å². The molecule has 0 amide bonds. The van der Waals surface area contributed by atoms with Gasteiger partial charge in [-0.2, -0.15) is 5.10 Å². The van der Waals surface area contributed by atoms with Gasteiger partial charge in [0.05, 0.1) is 17.8 Å². The lowest BCUT2D eigenvalue weighted by molar-refractivity contribution is 0.0697. The molecule has 0 spiro atoms. The zero-order valence-electron chi connectivity index (χ0n) is 9.42. The SMILES string of the molecule is Cn1ccc(CNc2cccc(C(=O)O)c2)n1. The maximum absolute atomic E-state index is 10.8. The van der Waals surface area contributed by atoms with E-state index in [4.69, 9.17) is 5.11 Å². The summed E-state index contributed by atoms with van der Waals surface area (Å²) in [6.07, 6.45) is 1.87. The minimum Gasteiger partial charge on any atom is -0.478 e. The smallest absolute Gasteiger partial charge is 0.335 e. The van der Waals surface area contributed by atoms with Gasteiger partial charge in [-0.15, -0.1) is 0 Å². The van der Waals surface area contributed by atoms with Crippen molar-refractivity contribution in [2.75, 3.05) is 5.32 Å². The molecule has 0 unspecified atom stereocenters. The number of hydrogen-bond donors (Lipinski definition) is 2. The molecule has 5 nitrogen and oxygen atoms in total. The van der Waals surface area contributed by atoms with Crippen LogP contribution >= 0.6 is 0 Å². The van der Waals surface area contributed by atoms with Gasteiger partial charge in [0.1, 0.15) is 0 Å². The van der Waals surface area contributed by atoms with Crippen LogP contribution in [0.15, 0.2) is 36.5 Å². The predicted molar refractivity (Wildman–Crippen MR) is 63.9 cm³/mol. The van der Waals surface area contributed by atoms with Gasteiger partial charge in [0.2, 0.25) is 0 Å². The highest BCUT2D eigenvalue weighted by atomic mass is 16.4. The van der Waals surface area contributed by atoms with Crippen LogP contribution in [0.3, 0.4) is 0 Å². The highest BCUT2D eigenvalue weighted by molar-refractivity contribution is 5.88. The molecule has 0 bridgehead atoms. The van der Waals surface area contributed by atoms with Gasteiger partial charge in [-0.1, -0.05) is 6.07 Å². The first kappa shape index (κ1) is 11.2. The zero-order valence-corrected chi connectivity index (χ0v) is 9.42. The van der Waals surface area contributed by atoms with Gasteiger partial charge in [0.15, 0.2) is 0 Å². The number of nitrogens with one attached hydrogen (secondary N) is 1. The fourth-order valence-electron chi connectivity index (χ4n) is 1.51. The number of carboxylic acids is 1. The first-order chi connectivity index (χ1) is 8.15. The van der Waals surface area contributed by atoms with Gasteiger partial charge < -0.3 is 10.4 Å². The van der Waals surface area contributed by atoms with Crippen molar-refractivity contribution in [3.05, 3.63) is 47.8 Å². The number of carbonyl (C=O) groups is 1. The van der Waals surface area contributed by atoms with Crippen molar-refractivity contribution in [1.82, 2.24) is 9.78 Å². The Morgan fingerprint density at radius 2 is 2.29 bits per heavy atom. The summed E-state index contributed by atoms with van der Waals surface area (Å²) in [6, 6.07) is 8.62. The van der Waals surface area contributed by atoms with Gasteiger partial charge in [-0.05, 0) is 24.3 Å². The van der Waals surface area contributed by atoms with E-state index < -0.39 is 5.97 Å². The second kappa shape index (κ2) is 4.69. The van der Waals surface area contributed by atoms with Crippen LogP contribution in [0.25, 0.3) is 0 Å². The highest BCUT2D eigenvalue weighted by Gasteiger charge is 2.03. The van der Waals surface area contributed by atoms with E-state index in [1.807, 2.05) is 25.4 Å². The van der Waals surface area contributed by atoms with Crippen molar-refractivity contribution >= 4 is 11.7 Å². The second-order valence-corrected chi connectivity index (χ2v) is 3.72. The summed E-state index contributed by atoms with van der Waals surface area (Å²) in [5.41, 5.74) is 1.96. The first-order valence-electron chi connectivity index (χ1n) is 5.21. The van der Waals surface area contributed by atoms with Crippen molar-refractivity contribution in [2.24, 2.45) is 7.05 Å². The molecule has 2 aromatic rings. The molecule has 0 saturated heterocycles. The van der Waals surface area contributed by atoms with E-state index in [2.05, 4.69) is 10.4 Å². The Hall–Kier alpha value is -2.30. The van der Waals surface area contributed by atoms with Crippen molar-refractivity contribution in [1.29, 1.82) is 0 Å². The fourth-order valence-corrected chi connectivity index (χ4v) is 1.51. The van der Waals surface area contributed by atoms with Crippen molar-refractivity contribution in [2.45, 2.75) is 6.54 Å². The van der Waals surface area contributed by atoms with Crippen molar-refractivity contribution in [3.8, 4) is 0 Å². The van der Waals surface area contributed by atoms with Crippen LogP contribution in [0.2, 0.25) is 0 Å². The lowest BCUT2D eigenvalue weighted by atomic mass is 10.2. The van der Waals surface area contributed by atoms with Crippen LogP contribution in [0.4, 0.5) is 5.69 Å². The third-order valence-electron chi connectivity index (χ3n) is 2.35. The lowest BCUT2D eigenvalue weighted by Crippen LogP contribution is -2.03. The summed E-state index contributed by atoms with van der Waals surface area (Å²) in [6.45, 7) is 0.573. The molecule has 88 valence electrons. The van der Waals surface area contributed by atoms with E-state index in [-0.39, 0.29) is 5.56 Å². The maximum atomic E-state index is 10.8. The van der Waals surface area contributed by atoms with E-state index in [1.165, 1.54) is 0 Å². The normalized spacial score (nSPS) is 10.2. The fraction of sp³-hybridized carbons (Fsp3) is 0.167. The van der Waals surface area contributed by atoms with Crippen LogP contribution in [0.5, 0.6) is 0 Å². The van der Waals surface area contributed by atoms with E-state index in [0.717, 1.165) is 11.4 Å². The Morgan fingerprint density at radius 1 is 1.47 bits per heavy atom. The first-order valence-corrected chi connectivity index (χ1v) is 5.21. The number of anilines is 1. The number of rotatable bonds is 4. The molecule has 1 heterocycles. The minimum absolute atomic E-state index is 0.274. The molecule has 5 heteroatoms. The molecule has 0 saturated carbocycles. The van der Waals surface area contributed by atoms with Gasteiger partial charge >= 0.3 is 5.97 Å². The van der Waals surface area contributed by atoms with Crippen molar-refractivity contribution < 1.29 is 9.90 Å². The molecule has 1 aromatic heterocycles. The highest BCUT2D eigenvalue weighted by Crippen LogP contribution is 2.11. The molecular formula is C12H13N3O2. The average molecular weight is 231 g/mol. The third kappa shape index (κ3) is 2.84. The summed E-state index contributed by atoms with van der Waals surface area (Å²) in [7, 11) is 1.86. The second-order valence-electron chi connectivity index (χ2n) is 3.72. The summed E-state index contributed by atoms with van der Waals surface area (Å²) in [4.78, 5) is 10.8. The van der Waals surface area contributed by atoms with Gasteiger partial charge in [0, 0.05) is 18.9 Å². The van der Waals surface area contributed by atoms with E-state index in [9.17, 15) is 4.79 Å². The standard InChI is InChI=1S/C12H13N3O2/c1-15-6-5-11(14-15)8-13-10-4-2-3-9(7-10)12(16)17/h2-7,13H,8H2,1H3,(H,16,17). The molecule has 0 aliphatic rings. The van der Waals surface area contributed by atoms with Crippen molar-refractivity contribution in [3.63, 3.8) is 0 Å². The lowest BCUT2D eigenvalue weighted by Gasteiger charge is -2.05. The molecule has 2 N–H and O–H groups in total. The molecular weight excluding hydrogens is 218 g/mol. The molecule has 2 rings (SSSR count). The molecule has 0 aliphatic carbocycles. The van der Waals surface area contributed by atoms with E-state index in [0.29, 0.717) is 6.54 Å². The Balaban J connectivity index is 2.04. The number of carboxylic acid groups (broad SMARTS) is 1. The van der Waals surface area contributed by atoms with Crippen LogP contribution in [-0.4, -0.2) is 20.9 Å². The maximum Gasteiger partial charge on any atom is 0.335 e. The monoisotopic (exact) mass is 231 g/mol. The summed E-state index contributed by atoms with van der Waals surface area (Å²) in [5.74, 6) is -0.925. The number of aryl methyl sites for hydroxylation is 1. The van der Waals surface area contributed by atoms with E-state index in [1.54, 1.807) is 22.9 Å². The topological polar surface area (TPSA) is 67.2 Å². The van der Waals surface area contributed by atoms with Gasteiger partial charge in [-0.3, -0.25) is 4.68 Å². The predicted octanol–water partition coefficient (Wildman–Crippen LogP) is 1.73. The Morgan fingerprint density at radius 3 is 2.94 bits per heavy atom. The third-order valence-corrected chi connectivity index (χ3v) is 2.35. The molecule has 0 atom stereocenters. The quantitative estimate of drug-likeness (QED) is 0.841. The number of hydrogen-bond acceptors (Lipinski definition) is 3. The Labute approximate surface area is 98.7 Å². The minimum atomic E-state index is -0.925. The Kier molecular flexibility index (Phi) is 3.09. The molecule has 0 fully saturated rings. The summed E-state index contributed by atoms with van der Waals surface area (Å²) >= 11 is 0. The van der Waals surface area contributed by atoms with Gasteiger partial charge in [0.25, 0.3) is 0 Å². The summed E-state index contributed by atoms with van der Waals surface area (Å²) < 4.78 is 1.73. The molecule has 0 radical (unpaired) electrons. The average Bonchev–Trinajstić information content (AvgIpc) is 2.73. The molecule has 1 aromatic carbocycles. The van der Waals surface area contributed by atoms with Crippen LogP contribution in [-0.2, 0) is 13.6 Å². The number of aromatic nitrogens is 2. The number of aromatic carboxylic acids is 1. The molecule has 17 heavy (non-hydrogen) atoms. The number of benzene rings is 1. The summed E-state index contributed by atoms with van der Waals surface area (Å²) in [5, 5.41) is 16.2. The van der Waals surface area contributed by atoms with Crippen LogP contribution in [0.1, 0.15) is 16.1 Å². The van der Waals surface area contributed by atoms with E-state index >= 15 is 0 Å². The number of nitrogens with zero attached hydrogens (tertiary/aromatic N) is 2. The largest absolute Gasteiger partial charge is 0.478 e. The molecule has 0 aliphatic heterocycles. The Bertz CT molecular complexity index is 534. The van der Waals surface area contributed by atoms with Crippen LogP contribution < -0.4 is 5.32 Å². The zero-order chi connectivity index (χ0) is 12.3. The van der Waals surface area contributed by atoms with Gasteiger partial charge in [-0.25, -0.2) is 4.79 Å².